The Morgan fingerprint density at radius 3 is 2.67 bits per heavy atom. The summed E-state index contributed by atoms with van der Waals surface area (Å²) in [6.07, 6.45) is 1.63. The summed E-state index contributed by atoms with van der Waals surface area (Å²) >= 11 is 0. The fourth-order valence-corrected chi connectivity index (χ4v) is 4.15. The number of Topliss-reactive ketones (excluding diaryl/α,β-unsaturated/α-hetero) is 1. The summed E-state index contributed by atoms with van der Waals surface area (Å²) in [5.41, 5.74) is 1.83. The number of aliphatic hydroxyl groups excluding tert-OH is 1. The predicted octanol–water partition coefficient (Wildman–Crippen LogP) is 3.26. The Balaban J connectivity index is 1.90. The number of amides is 1. The number of aromatic amines is 1. The molecule has 3 N–H and O–H groups in total. The zero-order valence-corrected chi connectivity index (χ0v) is 18.8. The molecular formula is C25H27N3O5. The third-order valence-electron chi connectivity index (χ3n) is 5.77. The van der Waals surface area contributed by atoms with E-state index in [1.807, 2.05) is 43.3 Å². The highest BCUT2D eigenvalue weighted by molar-refractivity contribution is 6.46. The molecular weight excluding hydrogens is 422 g/mol. The van der Waals surface area contributed by atoms with Crippen molar-refractivity contribution in [3.05, 3.63) is 65.4 Å². The van der Waals surface area contributed by atoms with E-state index in [1.54, 1.807) is 25.3 Å². The summed E-state index contributed by atoms with van der Waals surface area (Å²) in [7, 11) is 3.76. The fourth-order valence-electron chi connectivity index (χ4n) is 4.15. The number of H-pyrrole nitrogens is 1. The van der Waals surface area contributed by atoms with E-state index >= 15 is 0 Å². The Morgan fingerprint density at radius 2 is 1.94 bits per heavy atom. The maximum absolute atomic E-state index is 13.2. The molecule has 172 valence electrons. The average molecular weight is 450 g/mol. The molecule has 0 aliphatic carbocycles. The van der Waals surface area contributed by atoms with Crippen LogP contribution in [0.2, 0.25) is 0 Å². The number of hydrogen-bond donors (Lipinski definition) is 3. The van der Waals surface area contributed by atoms with Crippen LogP contribution in [0, 0.1) is 0 Å². The van der Waals surface area contributed by atoms with Gasteiger partial charge in [-0.1, -0.05) is 24.3 Å². The van der Waals surface area contributed by atoms with E-state index in [2.05, 4.69) is 4.98 Å². The van der Waals surface area contributed by atoms with Crippen LogP contribution in [0.25, 0.3) is 16.7 Å². The highest BCUT2D eigenvalue weighted by atomic mass is 16.5. The van der Waals surface area contributed by atoms with Gasteiger partial charge in [-0.05, 0) is 44.8 Å². The lowest BCUT2D eigenvalue weighted by Gasteiger charge is -2.27. The average Bonchev–Trinajstić information content (AvgIpc) is 3.33. The molecule has 1 fully saturated rings. The van der Waals surface area contributed by atoms with Gasteiger partial charge in [-0.25, -0.2) is 0 Å². The predicted molar refractivity (Wildman–Crippen MR) is 125 cm³/mol. The molecule has 0 bridgehead atoms. The van der Waals surface area contributed by atoms with E-state index in [0.29, 0.717) is 24.3 Å². The topological polar surface area (TPSA) is 106 Å². The molecule has 8 heteroatoms. The van der Waals surface area contributed by atoms with Crippen LogP contribution in [0.5, 0.6) is 11.5 Å². The number of ketones is 1. The van der Waals surface area contributed by atoms with Crippen LogP contribution < -0.4 is 4.74 Å². The van der Waals surface area contributed by atoms with Crippen LogP contribution in [-0.4, -0.2) is 70.5 Å². The summed E-state index contributed by atoms with van der Waals surface area (Å²) < 4.78 is 5.52. The standard InChI is InChI=1S/C25H27N3O5/c1-4-33-20-13-15(9-10-19(20)29)22-21(24(31)25(32)28(22)12-11-27(2)3)23(30)17-14-26-18-8-6-5-7-16(17)18/h5-10,13-14,22,26,29-30H,4,11-12H2,1-3H3/b23-21-. The van der Waals surface area contributed by atoms with Crippen molar-refractivity contribution in [3.8, 4) is 11.5 Å². The highest BCUT2D eigenvalue weighted by Crippen LogP contribution is 2.42. The molecule has 1 aliphatic heterocycles. The number of rotatable bonds is 7. The maximum atomic E-state index is 13.2. The number of phenols is 1. The van der Waals surface area contributed by atoms with Gasteiger partial charge < -0.3 is 29.7 Å². The van der Waals surface area contributed by atoms with Crippen LogP contribution in [0.3, 0.4) is 0 Å². The van der Waals surface area contributed by atoms with Gasteiger partial charge in [0.15, 0.2) is 11.5 Å². The number of likely N-dealkylation sites (N-methyl/N-ethyl adjacent to an activating group) is 1. The van der Waals surface area contributed by atoms with Crippen molar-refractivity contribution in [1.29, 1.82) is 0 Å². The fraction of sp³-hybridized carbons (Fsp3) is 0.280. The lowest BCUT2D eigenvalue weighted by Crippen LogP contribution is -2.35. The summed E-state index contributed by atoms with van der Waals surface area (Å²) in [4.78, 5) is 32.7. The Morgan fingerprint density at radius 1 is 1.18 bits per heavy atom. The molecule has 3 aromatic rings. The van der Waals surface area contributed by atoms with Crippen molar-refractivity contribution in [3.63, 3.8) is 0 Å². The second kappa shape index (κ2) is 8.99. The molecule has 2 heterocycles. The number of ether oxygens (including phenoxy) is 1. The Labute approximate surface area is 191 Å². The van der Waals surface area contributed by atoms with Gasteiger partial charge in [0.2, 0.25) is 0 Å². The lowest BCUT2D eigenvalue weighted by molar-refractivity contribution is -0.140. The van der Waals surface area contributed by atoms with Crippen molar-refractivity contribution in [1.82, 2.24) is 14.8 Å². The molecule has 4 rings (SSSR count). The number of nitrogens with one attached hydrogen (secondary N) is 1. The smallest absolute Gasteiger partial charge is 0.295 e. The SMILES string of the molecule is CCOc1cc(C2/C(=C(/O)c3c[nH]c4ccccc34)C(=O)C(=O)N2CCN(C)C)ccc1O. The molecule has 2 aromatic carbocycles. The molecule has 1 amide bonds. The van der Waals surface area contributed by atoms with Crippen LogP contribution in [0.15, 0.2) is 54.2 Å². The van der Waals surface area contributed by atoms with Gasteiger partial charge in [-0.2, -0.15) is 0 Å². The molecule has 0 spiro atoms. The second-order valence-electron chi connectivity index (χ2n) is 8.20. The highest BCUT2D eigenvalue weighted by Gasteiger charge is 2.46. The van der Waals surface area contributed by atoms with Gasteiger partial charge in [0.05, 0.1) is 18.2 Å². The number of aliphatic hydroxyl groups is 1. The van der Waals surface area contributed by atoms with Gasteiger partial charge in [-0.15, -0.1) is 0 Å². The molecule has 1 unspecified atom stereocenters. The second-order valence-corrected chi connectivity index (χ2v) is 8.20. The van der Waals surface area contributed by atoms with Crippen LogP contribution >= 0.6 is 0 Å². The number of likely N-dealkylation sites (tertiary alicyclic amines) is 1. The number of phenolic OH excluding ortho intramolecular Hbond substituents is 1. The van der Waals surface area contributed by atoms with E-state index in [1.165, 1.54) is 11.0 Å². The van der Waals surface area contributed by atoms with Crippen molar-refractivity contribution in [2.45, 2.75) is 13.0 Å². The Kier molecular flexibility index (Phi) is 6.11. The molecule has 33 heavy (non-hydrogen) atoms. The number of carbonyl (C=O) groups is 2. The van der Waals surface area contributed by atoms with Gasteiger partial charge in [0, 0.05) is 35.8 Å². The molecule has 1 aliphatic rings. The molecule has 1 atom stereocenters. The zero-order chi connectivity index (χ0) is 23.7. The van der Waals surface area contributed by atoms with Gasteiger partial charge in [0.1, 0.15) is 5.76 Å². The van der Waals surface area contributed by atoms with Gasteiger partial charge in [-0.3, -0.25) is 9.59 Å². The van der Waals surface area contributed by atoms with Crippen LogP contribution in [0.1, 0.15) is 24.1 Å². The van der Waals surface area contributed by atoms with Crippen molar-refractivity contribution in [2.24, 2.45) is 0 Å². The number of para-hydroxylation sites is 1. The van der Waals surface area contributed by atoms with E-state index in [-0.39, 0.29) is 29.4 Å². The Bertz CT molecular complexity index is 1240. The Hall–Kier alpha value is -3.78. The van der Waals surface area contributed by atoms with Gasteiger partial charge in [0.25, 0.3) is 11.7 Å². The number of benzene rings is 2. The zero-order valence-electron chi connectivity index (χ0n) is 18.8. The van der Waals surface area contributed by atoms with E-state index in [4.69, 9.17) is 4.74 Å². The number of carbonyl (C=O) groups excluding carboxylic acids is 2. The summed E-state index contributed by atoms with van der Waals surface area (Å²) in [6, 6.07) is 11.3. The van der Waals surface area contributed by atoms with Crippen LogP contribution in [0.4, 0.5) is 0 Å². The van der Waals surface area contributed by atoms with E-state index in [9.17, 15) is 19.8 Å². The van der Waals surface area contributed by atoms with Crippen molar-refractivity contribution >= 4 is 28.4 Å². The molecule has 1 saturated heterocycles. The maximum Gasteiger partial charge on any atom is 0.295 e. The first-order chi connectivity index (χ1) is 15.8. The number of aromatic nitrogens is 1. The first-order valence-electron chi connectivity index (χ1n) is 10.8. The normalized spacial score (nSPS) is 17.9. The number of nitrogens with zero attached hydrogens (tertiary/aromatic N) is 2. The quantitative estimate of drug-likeness (QED) is 0.290. The van der Waals surface area contributed by atoms with Crippen LogP contribution in [-0.2, 0) is 9.59 Å². The summed E-state index contributed by atoms with van der Waals surface area (Å²) in [5.74, 6) is -1.45. The first-order valence-corrected chi connectivity index (χ1v) is 10.8. The lowest BCUT2D eigenvalue weighted by atomic mass is 9.95. The molecule has 0 saturated carbocycles. The van der Waals surface area contributed by atoms with E-state index < -0.39 is 17.7 Å². The van der Waals surface area contributed by atoms with Crippen molar-refractivity contribution < 1.29 is 24.5 Å². The molecule has 1 aromatic heterocycles. The number of fused-ring (bicyclic) bond motifs is 1. The minimum atomic E-state index is -0.821. The summed E-state index contributed by atoms with van der Waals surface area (Å²) in [5, 5.41) is 22.2. The largest absolute Gasteiger partial charge is 0.507 e. The van der Waals surface area contributed by atoms with E-state index in [0.717, 1.165) is 10.9 Å². The minimum absolute atomic E-state index is 0.0108. The van der Waals surface area contributed by atoms with Crippen molar-refractivity contribution in [2.75, 3.05) is 33.8 Å². The van der Waals surface area contributed by atoms with Gasteiger partial charge >= 0.3 is 0 Å². The first kappa shape index (κ1) is 22.4. The summed E-state index contributed by atoms with van der Waals surface area (Å²) in [6.45, 7) is 2.96. The number of hydrogen-bond acceptors (Lipinski definition) is 6. The monoisotopic (exact) mass is 449 g/mol. The molecule has 0 radical (unpaired) electrons. The number of aromatic hydroxyl groups is 1. The minimum Gasteiger partial charge on any atom is -0.507 e. The third-order valence-corrected chi connectivity index (χ3v) is 5.77. The molecule has 8 nitrogen and oxygen atoms in total. The third kappa shape index (κ3) is 4.05.